The third kappa shape index (κ3) is 4.59. The summed E-state index contributed by atoms with van der Waals surface area (Å²) in [4.78, 5) is 11.8. The highest BCUT2D eigenvalue weighted by Crippen LogP contribution is 2.10. The van der Waals surface area contributed by atoms with Crippen LogP contribution in [0.4, 0.5) is 0 Å². The van der Waals surface area contributed by atoms with Crippen LogP contribution in [0.5, 0.6) is 0 Å². The molecule has 0 saturated heterocycles. The maximum Gasteiger partial charge on any atom is 0.240 e. The van der Waals surface area contributed by atoms with Crippen LogP contribution in [0, 0.1) is 0 Å². The Balaban J connectivity index is 2.71. The van der Waals surface area contributed by atoms with Crippen LogP contribution < -0.4 is 15.8 Å². The number of amides is 1. The molecule has 0 spiro atoms. The number of hydrogen-bond acceptors (Lipinski definition) is 4. The third-order valence-corrected chi connectivity index (χ3v) is 4.17. The first-order valence-electron chi connectivity index (χ1n) is 6.32. The molecule has 0 bridgehead atoms. The second kappa shape index (κ2) is 6.34. The summed E-state index contributed by atoms with van der Waals surface area (Å²) in [5, 5.41) is 2.69. The molecule has 1 rings (SSSR count). The highest BCUT2D eigenvalue weighted by Gasteiger charge is 2.21. The maximum absolute atomic E-state index is 11.7. The molecular weight excluding hydrogens is 278 g/mol. The van der Waals surface area contributed by atoms with Gasteiger partial charge in [0.05, 0.1) is 10.4 Å². The highest BCUT2D eigenvalue weighted by atomic mass is 32.2. The Morgan fingerprint density at radius 2 is 1.80 bits per heavy atom. The van der Waals surface area contributed by atoms with Gasteiger partial charge >= 0.3 is 0 Å². The molecule has 7 heteroatoms. The fourth-order valence-corrected chi connectivity index (χ4v) is 2.51. The molecule has 0 unspecified atom stereocenters. The molecule has 0 radical (unpaired) electrons. The first-order chi connectivity index (χ1) is 9.16. The number of rotatable bonds is 6. The van der Waals surface area contributed by atoms with Crippen LogP contribution in [0.1, 0.15) is 26.3 Å². The quantitative estimate of drug-likeness (QED) is 0.705. The van der Waals surface area contributed by atoms with E-state index in [0.717, 1.165) is 5.56 Å². The fraction of sp³-hybridized carbons (Fsp3) is 0.462. The largest absolute Gasteiger partial charge is 0.350 e. The van der Waals surface area contributed by atoms with Crippen molar-refractivity contribution in [3.05, 3.63) is 29.8 Å². The fourth-order valence-electron chi connectivity index (χ4n) is 1.47. The van der Waals surface area contributed by atoms with E-state index in [1.165, 1.54) is 12.1 Å². The third-order valence-electron chi connectivity index (χ3n) is 2.61. The zero-order chi connectivity index (χ0) is 15.4. The molecule has 0 aliphatic rings. The number of nitrogens with two attached hydrogens (primary N) is 1. The molecule has 1 aromatic rings. The summed E-state index contributed by atoms with van der Waals surface area (Å²) in [6, 6.07) is 6.34. The molecule has 20 heavy (non-hydrogen) atoms. The average molecular weight is 299 g/mol. The summed E-state index contributed by atoms with van der Waals surface area (Å²) in [7, 11) is -3.44. The Bertz CT molecular complexity index is 560. The van der Waals surface area contributed by atoms with Gasteiger partial charge < -0.3 is 11.1 Å². The molecule has 6 nitrogen and oxygen atoms in total. The van der Waals surface area contributed by atoms with E-state index in [2.05, 4.69) is 10.0 Å². The Labute approximate surface area is 119 Å². The molecule has 0 aliphatic heterocycles. The number of hydrogen-bond donors (Lipinski definition) is 3. The smallest absolute Gasteiger partial charge is 0.240 e. The van der Waals surface area contributed by atoms with E-state index in [4.69, 9.17) is 5.73 Å². The van der Waals surface area contributed by atoms with Crippen molar-refractivity contribution >= 4 is 15.9 Å². The first-order valence-corrected chi connectivity index (χ1v) is 7.81. The second-order valence-electron chi connectivity index (χ2n) is 5.05. The Hall–Kier alpha value is -1.44. The number of carbonyl (C=O) groups is 1. The molecule has 4 N–H and O–H groups in total. The zero-order valence-electron chi connectivity index (χ0n) is 11.9. The van der Waals surface area contributed by atoms with Crippen molar-refractivity contribution in [3.8, 4) is 0 Å². The van der Waals surface area contributed by atoms with Crippen LogP contribution in [0.2, 0.25) is 0 Å². The molecule has 0 heterocycles. The molecular formula is C13H21N3O3S. The summed E-state index contributed by atoms with van der Waals surface area (Å²) in [5.41, 5.74) is 5.53. The van der Waals surface area contributed by atoms with Gasteiger partial charge in [0.2, 0.25) is 15.9 Å². The van der Waals surface area contributed by atoms with Gasteiger partial charge in [-0.1, -0.05) is 19.1 Å². The van der Waals surface area contributed by atoms with Crippen molar-refractivity contribution in [1.29, 1.82) is 0 Å². The average Bonchev–Trinajstić information content (AvgIpc) is 2.35. The SMILES string of the molecule is CCNS(=O)(=O)c1ccc(CNC(=O)C(C)(C)N)cc1. The van der Waals surface area contributed by atoms with Crippen LogP contribution in [0.15, 0.2) is 29.2 Å². The molecule has 0 atom stereocenters. The van der Waals surface area contributed by atoms with Crippen LogP contribution in [-0.4, -0.2) is 26.4 Å². The lowest BCUT2D eigenvalue weighted by Gasteiger charge is -2.17. The van der Waals surface area contributed by atoms with Crippen LogP contribution in [0.3, 0.4) is 0 Å². The van der Waals surface area contributed by atoms with Gasteiger partial charge in [-0.3, -0.25) is 4.79 Å². The normalized spacial score (nSPS) is 12.2. The molecule has 0 aromatic heterocycles. The Kier molecular flexibility index (Phi) is 5.27. The summed E-state index contributed by atoms with van der Waals surface area (Å²) in [6.45, 7) is 5.60. The minimum absolute atomic E-state index is 0.202. The summed E-state index contributed by atoms with van der Waals surface area (Å²) in [5.74, 6) is -0.262. The first kappa shape index (κ1) is 16.6. The minimum Gasteiger partial charge on any atom is -0.350 e. The molecule has 0 aliphatic carbocycles. The summed E-state index contributed by atoms with van der Waals surface area (Å²) in [6.07, 6.45) is 0. The minimum atomic E-state index is -3.44. The summed E-state index contributed by atoms with van der Waals surface area (Å²) < 4.78 is 25.9. The number of sulfonamides is 1. The van der Waals surface area contributed by atoms with Gasteiger partial charge in [-0.25, -0.2) is 13.1 Å². The maximum atomic E-state index is 11.7. The van der Waals surface area contributed by atoms with Gasteiger partial charge in [0.1, 0.15) is 0 Å². The summed E-state index contributed by atoms with van der Waals surface area (Å²) >= 11 is 0. The topological polar surface area (TPSA) is 101 Å². The van der Waals surface area contributed by atoms with Gasteiger partial charge in [-0.15, -0.1) is 0 Å². The lowest BCUT2D eigenvalue weighted by atomic mass is 10.1. The van der Waals surface area contributed by atoms with Crippen LogP contribution >= 0.6 is 0 Å². The number of benzene rings is 1. The lowest BCUT2D eigenvalue weighted by Crippen LogP contribution is -2.48. The van der Waals surface area contributed by atoms with E-state index < -0.39 is 15.6 Å². The predicted octanol–water partition coefficient (Wildman–Crippen LogP) is 0.338. The van der Waals surface area contributed by atoms with E-state index in [0.29, 0.717) is 13.1 Å². The monoisotopic (exact) mass is 299 g/mol. The van der Waals surface area contributed by atoms with E-state index in [9.17, 15) is 13.2 Å². The second-order valence-corrected chi connectivity index (χ2v) is 6.82. The number of nitrogens with one attached hydrogen (secondary N) is 2. The van der Waals surface area contributed by atoms with Crippen molar-refractivity contribution in [3.63, 3.8) is 0 Å². The van der Waals surface area contributed by atoms with E-state index in [1.54, 1.807) is 32.9 Å². The van der Waals surface area contributed by atoms with Crippen molar-refractivity contribution in [2.24, 2.45) is 5.73 Å². The van der Waals surface area contributed by atoms with Crippen molar-refractivity contribution in [2.75, 3.05) is 6.54 Å². The van der Waals surface area contributed by atoms with E-state index >= 15 is 0 Å². The molecule has 0 saturated carbocycles. The Morgan fingerprint density at radius 1 is 1.25 bits per heavy atom. The van der Waals surface area contributed by atoms with Crippen LogP contribution in [0.25, 0.3) is 0 Å². The highest BCUT2D eigenvalue weighted by molar-refractivity contribution is 7.89. The van der Waals surface area contributed by atoms with Gasteiger partial charge in [0.25, 0.3) is 0 Å². The van der Waals surface area contributed by atoms with E-state index in [1.807, 2.05) is 0 Å². The predicted molar refractivity (Wildman–Crippen MR) is 77.4 cm³/mol. The molecule has 1 aromatic carbocycles. The molecule has 1 amide bonds. The zero-order valence-corrected chi connectivity index (χ0v) is 12.8. The van der Waals surface area contributed by atoms with Crippen molar-refractivity contribution in [2.45, 2.75) is 37.8 Å². The molecule has 112 valence electrons. The van der Waals surface area contributed by atoms with Gasteiger partial charge in [-0.2, -0.15) is 0 Å². The van der Waals surface area contributed by atoms with Gasteiger partial charge in [0, 0.05) is 13.1 Å². The van der Waals surface area contributed by atoms with Crippen molar-refractivity contribution < 1.29 is 13.2 Å². The standard InChI is InChI=1S/C13H21N3O3S/c1-4-16-20(18,19)11-7-5-10(6-8-11)9-15-12(17)13(2,3)14/h5-8,16H,4,9,14H2,1-3H3,(H,15,17). The van der Waals surface area contributed by atoms with Gasteiger partial charge in [0.15, 0.2) is 0 Å². The van der Waals surface area contributed by atoms with Gasteiger partial charge in [-0.05, 0) is 31.5 Å². The van der Waals surface area contributed by atoms with Crippen molar-refractivity contribution in [1.82, 2.24) is 10.0 Å². The number of carbonyl (C=O) groups excluding carboxylic acids is 1. The van der Waals surface area contributed by atoms with Crippen LogP contribution in [-0.2, 0) is 21.4 Å². The lowest BCUT2D eigenvalue weighted by molar-refractivity contribution is -0.125. The van der Waals surface area contributed by atoms with E-state index in [-0.39, 0.29) is 10.8 Å². The Morgan fingerprint density at radius 3 is 2.25 bits per heavy atom. The molecule has 0 fully saturated rings.